The van der Waals surface area contributed by atoms with Gasteiger partial charge in [-0.1, -0.05) is 41.7 Å². The molecule has 0 aliphatic rings. The summed E-state index contributed by atoms with van der Waals surface area (Å²) in [6, 6.07) is 9.73. The molecule has 1 heterocycles. The fraction of sp³-hybridized carbons (Fsp3) is 0.154. The lowest BCUT2D eigenvalue weighted by Crippen LogP contribution is -2.38. The zero-order chi connectivity index (χ0) is 13.0. The van der Waals surface area contributed by atoms with E-state index in [0.29, 0.717) is 11.6 Å². The van der Waals surface area contributed by atoms with Crippen molar-refractivity contribution in [2.75, 3.05) is 0 Å². The number of aliphatic carboxylic acids is 1. The third-order valence-electron chi connectivity index (χ3n) is 2.43. The Labute approximate surface area is 108 Å². The maximum absolute atomic E-state index is 11.7. The fourth-order valence-corrected chi connectivity index (χ4v) is 2.45. The molecule has 2 aromatic rings. The first kappa shape index (κ1) is 12.4. The van der Waals surface area contributed by atoms with Gasteiger partial charge in [0, 0.05) is 5.56 Å². The summed E-state index contributed by atoms with van der Waals surface area (Å²) >= 11 is 1.27. The molecule has 0 spiro atoms. The maximum atomic E-state index is 11.7. The van der Waals surface area contributed by atoms with Crippen molar-refractivity contribution in [3.8, 4) is 0 Å². The molecule has 92 valence electrons. The van der Waals surface area contributed by atoms with Gasteiger partial charge in [-0.2, -0.15) is 4.57 Å². The third kappa shape index (κ3) is 3.01. The molecule has 0 radical (unpaired) electrons. The van der Waals surface area contributed by atoms with Crippen LogP contribution < -0.4 is 4.57 Å². The largest absolute Gasteiger partial charge is 0.481 e. The first-order valence-corrected chi connectivity index (χ1v) is 6.30. The number of carbonyl (C=O) groups excluding carboxylic acids is 1. The van der Waals surface area contributed by atoms with Gasteiger partial charge in [0.25, 0.3) is 0 Å². The number of carboxylic acids is 1. The second kappa shape index (κ2) is 5.55. The number of rotatable bonds is 5. The zero-order valence-corrected chi connectivity index (χ0v) is 10.4. The molecular formula is C13H12NO3S+. The van der Waals surface area contributed by atoms with Crippen LogP contribution in [-0.2, 0) is 11.3 Å². The highest BCUT2D eigenvalue weighted by Crippen LogP contribution is 2.08. The molecule has 0 aliphatic carbocycles. The van der Waals surface area contributed by atoms with Gasteiger partial charge < -0.3 is 5.11 Å². The number of carboxylic acid groups (broad SMARTS) is 1. The third-order valence-corrected chi connectivity index (χ3v) is 3.37. The number of carbonyl (C=O) groups is 2. The smallest absolute Gasteiger partial charge is 0.311 e. The molecule has 4 nitrogen and oxygen atoms in total. The minimum absolute atomic E-state index is 0.353. The molecule has 18 heavy (non-hydrogen) atoms. The molecule has 0 saturated carbocycles. The predicted molar refractivity (Wildman–Crippen MR) is 66.6 cm³/mol. The molecule has 1 aromatic carbocycles. The van der Waals surface area contributed by atoms with E-state index in [1.165, 1.54) is 11.3 Å². The molecule has 0 atom stereocenters. The number of hydrogen-bond donors (Lipinski definition) is 1. The van der Waals surface area contributed by atoms with E-state index in [1.54, 1.807) is 16.1 Å². The Morgan fingerprint density at radius 1 is 1.22 bits per heavy atom. The number of thiazole rings is 1. The van der Waals surface area contributed by atoms with Crippen molar-refractivity contribution in [1.29, 1.82) is 0 Å². The van der Waals surface area contributed by atoms with Crippen LogP contribution in [0.3, 0.4) is 0 Å². The summed E-state index contributed by atoms with van der Waals surface area (Å²) in [5, 5.41) is 10.9. The second-order valence-corrected chi connectivity index (χ2v) is 4.71. The van der Waals surface area contributed by atoms with Crippen molar-refractivity contribution in [3.05, 3.63) is 52.5 Å². The first-order valence-electron chi connectivity index (χ1n) is 5.42. The van der Waals surface area contributed by atoms with Crippen molar-refractivity contribution in [3.63, 3.8) is 0 Å². The average Bonchev–Trinajstić information content (AvgIpc) is 2.77. The van der Waals surface area contributed by atoms with Gasteiger partial charge in [-0.3, -0.25) is 9.59 Å². The fourth-order valence-electron chi connectivity index (χ4n) is 1.65. The van der Waals surface area contributed by atoms with Gasteiger partial charge in [0.2, 0.25) is 5.78 Å². The normalized spacial score (nSPS) is 10.2. The Bertz CT molecular complexity index is 563. The second-order valence-electron chi connectivity index (χ2n) is 3.82. The van der Waals surface area contributed by atoms with Crippen LogP contribution in [0, 0.1) is 0 Å². The van der Waals surface area contributed by atoms with Crippen LogP contribution in [0.4, 0.5) is 0 Å². The summed E-state index contributed by atoms with van der Waals surface area (Å²) in [5.41, 5.74) is 1.07. The van der Waals surface area contributed by atoms with Crippen molar-refractivity contribution < 1.29 is 19.3 Å². The van der Waals surface area contributed by atoms with Gasteiger partial charge in [-0.25, -0.2) is 0 Å². The molecule has 0 bridgehead atoms. The average molecular weight is 262 g/mol. The van der Waals surface area contributed by atoms with Crippen LogP contribution in [0.1, 0.15) is 21.8 Å². The van der Waals surface area contributed by atoms with Gasteiger partial charge in [-0.15, -0.1) is 0 Å². The quantitative estimate of drug-likeness (QED) is 0.507. The van der Waals surface area contributed by atoms with Crippen LogP contribution in [0.2, 0.25) is 0 Å². The molecule has 1 N–H and O–H groups in total. The highest BCUT2D eigenvalue weighted by atomic mass is 32.1. The molecule has 0 amide bonds. The number of nitrogens with zero attached hydrogens (tertiary/aromatic N) is 1. The minimum Gasteiger partial charge on any atom is -0.481 e. The number of aromatic nitrogens is 1. The SMILES string of the molecule is O=C(O)CC(=O)c1scc[n+]1Cc1ccccc1. The van der Waals surface area contributed by atoms with Crippen LogP contribution in [0.25, 0.3) is 0 Å². The lowest BCUT2D eigenvalue weighted by atomic mass is 10.2. The summed E-state index contributed by atoms with van der Waals surface area (Å²) in [5.74, 6) is -1.45. The summed E-state index contributed by atoms with van der Waals surface area (Å²) < 4.78 is 1.78. The summed E-state index contributed by atoms with van der Waals surface area (Å²) in [6.07, 6.45) is 1.34. The van der Waals surface area contributed by atoms with Crippen LogP contribution >= 0.6 is 11.3 Å². The summed E-state index contributed by atoms with van der Waals surface area (Å²) in [4.78, 5) is 22.3. The van der Waals surface area contributed by atoms with Crippen LogP contribution in [-0.4, -0.2) is 16.9 Å². The van der Waals surface area contributed by atoms with Gasteiger partial charge in [-0.05, 0) is 0 Å². The highest BCUT2D eigenvalue weighted by molar-refractivity contribution is 7.11. The molecule has 0 fully saturated rings. The maximum Gasteiger partial charge on any atom is 0.311 e. The molecule has 2 rings (SSSR count). The van der Waals surface area contributed by atoms with E-state index in [4.69, 9.17) is 5.11 Å². The summed E-state index contributed by atoms with van der Waals surface area (Å²) in [6.45, 7) is 0.574. The number of Topliss-reactive ketones (excluding diaryl/α,β-unsaturated/α-hetero) is 1. The van der Waals surface area contributed by atoms with E-state index in [1.807, 2.05) is 30.3 Å². The lowest BCUT2D eigenvalue weighted by molar-refractivity contribution is -0.685. The molecule has 5 heteroatoms. The van der Waals surface area contributed by atoms with Crippen LogP contribution in [0.15, 0.2) is 41.9 Å². The van der Waals surface area contributed by atoms with Crippen LogP contribution in [0.5, 0.6) is 0 Å². The Kier molecular flexibility index (Phi) is 3.84. The standard InChI is InChI=1S/C13H11NO3S/c15-11(8-12(16)17)13-14(6-7-18-13)9-10-4-2-1-3-5-10/h1-7H,8-9H2/p+1. The van der Waals surface area contributed by atoms with E-state index in [-0.39, 0.29) is 5.78 Å². The van der Waals surface area contributed by atoms with Crippen molar-refractivity contribution in [1.82, 2.24) is 0 Å². The Morgan fingerprint density at radius 3 is 2.61 bits per heavy atom. The number of benzene rings is 1. The van der Waals surface area contributed by atoms with E-state index in [0.717, 1.165) is 5.56 Å². The first-order chi connectivity index (χ1) is 8.66. The van der Waals surface area contributed by atoms with Crippen molar-refractivity contribution >= 4 is 23.1 Å². The van der Waals surface area contributed by atoms with E-state index in [9.17, 15) is 9.59 Å². The van der Waals surface area contributed by atoms with E-state index < -0.39 is 12.4 Å². The molecule has 0 unspecified atom stereocenters. The minimum atomic E-state index is -1.10. The van der Waals surface area contributed by atoms with Crippen molar-refractivity contribution in [2.45, 2.75) is 13.0 Å². The van der Waals surface area contributed by atoms with Gasteiger partial charge in [0.05, 0.1) is 5.38 Å². The number of hydrogen-bond acceptors (Lipinski definition) is 3. The molecule has 1 aromatic heterocycles. The Morgan fingerprint density at radius 2 is 1.94 bits per heavy atom. The summed E-state index contributed by atoms with van der Waals surface area (Å²) in [7, 11) is 0. The van der Waals surface area contributed by atoms with Gasteiger partial charge in [0.1, 0.15) is 6.42 Å². The Hall–Kier alpha value is -2.01. The molecular weight excluding hydrogens is 250 g/mol. The monoisotopic (exact) mass is 262 g/mol. The predicted octanol–water partition coefficient (Wildman–Crippen LogP) is 1.74. The highest BCUT2D eigenvalue weighted by Gasteiger charge is 2.23. The van der Waals surface area contributed by atoms with Gasteiger partial charge in [0.15, 0.2) is 12.7 Å². The topological polar surface area (TPSA) is 58.2 Å². The zero-order valence-electron chi connectivity index (χ0n) is 9.57. The molecule has 0 aliphatic heterocycles. The van der Waals surface area contributed by atoms with E-state index in [2.05, 4.69) is 0 Å². The van der Waals surface area contributed by atoms with Gasteiger partial charge >= 0.3 is 11.0 Å². The van der Waals surface area contributed by atoms with E-state index >= 15 is 0 Å². The lowest BCUT2D eigenvalue weighted by Gasteiger charge is -1.97. The Balaban J connectivity index is 2.18. The van der Waals surface area contributed by atoms with Crippen molar-refractivity contribution in [2.24, 2.45) is 0 Å². The number of ketones is 1. The molecule has 0 saturated heterocycles.